The summed E-state index contributed by atoms with van der Waals surface area (Å²) < 4.78 is 0. The van der Waals surface area contributed by atoms with Crippen LogP contribution in [-0.4, -0.2) is 0 Å². The third-order valence-corrected chi connectivity index (χ3v) is 6.73. The predicted molar refractivity (Wildman–Crippen MR) is 137 cm³/mol. The summed E-state index contributed by atoms with van der Waals surface area (Å²) in [5.74, 6) is 1.02. The number of rotatable bonds is 2. The van der Waals surface area contributed by atoms with E-state index >= 15 is 0 Å². The second-order valence-corrected chi connectivity index (χ2v) is 8.83. The van der Waals surface area contributed by atoms with Crippen molar-refractivity contribution in [2.75, 3.05) is 0 Å². The van der Waals surface area contributed by atoms with E-state index in [1.54, 1.807) is 0 Å². The van der Waals surface area contributed by atoms with Crippen molar-refractivity contribution in [1.82, 2.24) is 9.97 Å². The SMILES string of the molecule is [Pt+2].c1cc(-c2[n-]cc3ccccc23)c2c(c1)=N/C(=C1\N=c3cccc(-c4[n-]cc5ccccc45)c3=N1)N=2. The standard InChI is InChI=1S/C30H16N6.Pt/c1-3-9-19-17(7-1)15-31-25(19)21-11-5-13-23-27(21)35-29(33-23)30-34-24-14-6-12-22(28(24)36-30)26-20-10-4-2-8-18(20)16-32-26;/h1-16H;/q-2;+2/b30-29-;. The van der Waals surface area contributed by atoms with E-state index in [1.165, 1.54) is 0 Å². The molecular formula is C30H16N6Pt. The van der Waals surface area contributed by atoms with E-state index in [0.29, 0.717) is 11.6 Å². The Morgan fingerprint density at radius 1 is 0.459 bits per heavy atom. The maximum Gasteiger partial charge on any atom is 2.00 e. The molecule has 0 radical (unpaired) electrons. The van der Waals surface area contributed by atoms with Crippen LogP contribution in [0.3, 0.4) is 0 Å². The molecule has 2 aromatic heterocycles. The van der Waals surface area contributed by atoms with E-state index in [1.807, 2.05) is 73.1 Å². The summed E-state index contributed by atoms with van der Waals surface area (Å²) in [4.78, 5) is 28.7. The maximum atomic E-state index is 4.89. The molecule has 0 unspecified atom stereocenters. The first-order valence-corrected chi connectivity index (χ1v) is 11.7. The van der Waals surface area contributed by atoms with Crippen molar-refractivity contribution >= 4 is 21.5 Å². The first-order chi connectivity index (χ1) is 17.8. The Kier molecular flexibility index (Phi) is 4.91. The zero-order valence-corrected chi connectivity index (χ0v) is 21.5. The summed E-state index contributed by atoms with van der Waals surface area (Å²) in [5, 5.41) is 7.61. The van der Waals surface area contributed by atoms with E-state index in [-0.39, 0.29) is 21.1 Å². The summed E-state index contributed by atoms with van der Waals surface area (Å²) in [6.45, 7) is 0. The van der Waals surface area contributed by atoms with Crippen LogP contribution in [0.2, 0.25) is 0 Å². The van der Waals surface area contributed by atoms with Gasteiger partial charge in [-0.15, -0.1) is 11.4 Å². The number of aromatic nitrogens is 2. The molecule has 2 aliphatic rings. The van der Waals surface area contributed by atoms with Crippen LogP contribution in [0, 0.1) is 0 Å². The molecular weight excluding hydrogens is 639 g/mol. The van der Waals surface area contributed by atoms with Crippen LogP contribution in [0.15, 0.2) is 129 Å². The predicted octanol–water partition coefficient (Wildman–Crippen LogP) is 3.57. The van der Waals surface area contributed by atoms with Gasteiger partial charge in [0.2, 0.25) is 0 Å². The van der Waals surface area contributed by atoms with Gasteiger partial charge in [0.05, 0.1) is 21.4 Å². The largest absolute Gasteiger partial charge is 2.00 e. The fourth-order valence-electron chi connectivity index (χ4n) is 5.04. The number of benzene rings is 4. The molecule has 37 heavy (non-hydrogen) atoms. The van der Waals surface area contributed by atoms with Crippen molar-refractivity contribution in [2.24, 2.45) is 20.0 Å². The van der Waals surface area contributed by atoms with Crippen molar-refractivity contribution in [1.29, 1.82) is 0 Å². The molecule has 7 heteroatoms. The van der Waals surface area contributed by atoms with Gasteiger partial charge in [-0.2, -0.15) is 12.4 Å². The summed E-state index contributed by atoms with van der Waals surface area (Å²) in [5.41, 5.74) is 3.73. The van der Waals surface area contributed by atoms with Gasteiger partial charge in [0, 0.05) is 0 Å². The Morgan fingerprint density at radius 2 is 0.919 bits per heavy atom. The minimum atomic E-state index is 0. The molecule has 4 heterocycles. The molecule has 0 saturated heterocycles. The van der Waals surface area contributed by atoms with Gasteiger partial charge in [-0.1, -0.05) is 72.8 Å². The molecule has 176 valence electrons. The molecule has 0 fully saturated rings. The fourth-order valence-corrected chi connectivity index (χ4v) is 5.04. The molecule has 0 saturated carbocycles. The first-order valence-electron chi connectivity index (χ1n) is 11.7. The van der Waals surface area contributed by atoms with Crippen molar-refractivity contribution in [3.8, 4) is 22.5 Å². The van der Waals surface area contributed by atoms with Crippen molar-refractivity contribution in [3.05, 3.63) is 130 Å². The van der Waals surface area contributed by atoms with Crippen molar-refractivity contribution in [3.63, 3.8) is 0 Å². The van der Waals surface area contributed by atoms with Gasteiger partial charge in [0.1, 0.15) is 0 Å². The number of hydrogen-bond acceptors (Lipinski definition) is 4. The van der Waals surface area contributed by atoms with Gasteiger partial charge in [0.15, 0.2) is 11.6 Å². The van der Waals surface area contributed by atoms with Crippen LogP contribution in [0.25, 0.3) is 44.1 Å². The molecule has 0 bridgehead atoms. The first kappa shape index (κ1) is 21.8. The molecule has 0 spiro atoms. The molecule has 4 aromatic carbocycles. The van der Waals surface area contributed by atoms with Gasteiger partial charge in [-0.25, -0.2) is 20.0 Å². The third-order valence-electron chi connectivity index (χ3n) is 6.73. The van der Waals surface area contributed by atoms with Gasteiger partial charge in [-0.05, 0) is 44.8 Å². The molecule has 0 atom stereocenters. The summed E-state index contributed by atoms with van der Waals surface area (Å²) in [6, 6.07) is 28.4. The quantitative estimate of drug-likeness (QED) is 0.286. The molecule has 6 aromatic rings. The second kappa shape index (κ2) is 8.32. The van der Waals surface area contributed by atoms with Gasteiger partial charge in [0.25, 0.3) is 0 Å². The third kappa shape index (κ3) is 3.30. The van der Waals surface area contributed by atoms with E-state index < -0.39 is 0 Å². The Labute approximate surface area is 224 Å². The van der Waals surface area contributed by atoms with E-state index in [2.05, 4.69) is 24.3 Å². The number of nitrogens with zero attached hydrogens (tertiary/aromatic N) is 6. The molecule has 0 aliphatic carbocycles. The van der Waals surface area contributed by atoms with Gasteiger partial charge < -0.3 is 9.97 Å². The second-order valence-electron chi connectivity index (χ2n) is 8.83. The van der Waals surface area contributed by atoms with Crippen molar-refractivity contribution < 1.29 is 21.1 Å². The topological polar surface area (TPSA) is 77.6 Å². The number of para-hydroxylation sites is 2. The Hall–Kier alpha value is -4.41. The van der Waals surface area contributed by atoms with Gasteiger partial charge >= 0.3 is 21.1 Å². The minimum Gasteiger partial charge on any atom is -0.663 e. The molecule has 8 rings (SSSR count). The average Bonchev–Trinajstić information content (AvgIpc) is 3.71. The van der Waals surface area contributed by atoms with E-state index in [4.69, 9.17) is 29.9 Å². The molecule has 0 amide bonds. The molecule has 6 nitrogen and oxygen atoms in total. The van der Waals surface area contributed by atoms with Crippen LogP contribution >= 0.6 is 0 Å². The monoisotopic (exact) mass is 655 g/mol. The van der Waals surface area contributed by atoms with E-state index in [0.717, 1.165) is 65.5 Å². The smallest absolute Gasteiger partial charge is 0.663 e. The Balaban J connectivity index is 0.00000231. The van der Waals surface area contributed by atoms with Crippen LogP contribution in [0.4, 0.5) is 0 Å². The zero-order valence-electron chi connectivity index (χ0n) is 19.2. The summed E-state index contributed by atoms with van der Waals surface area (Å²) >= 11 is 0. The van der Waals surface area contributed by atoms with Crippen LogP contribution in [0.5, 0.6) is 0 Å². The van der Waals surface area contributed by atoms with Gasteiger partial charge in [-0.3, -0.25) is 0 Å². The minimum absolute atomic E-state index is 0. The Morgan fingerprint density at radius 3 is 1.41 bits per heavy atom. The molecule has 0 N–H and O–H groups in total. The summed E-state index contributed by atoms with van der Waals surface area (Å²) in [6.07, 6.45) is 3.80. The van der Waals surface area contributed by atoms with Crippen LogP contribution in [0.1, 0.15) is 0 Å². The zero-order chi connectivity index (χ0) is 23.6. The molecule has 2 aliphatic heterocycles. The average molecular weight is 656 g/mol. The van der Waals surface area contributed by atoms with Crippen LogP contribution in [-0.2, 0) is 21.1 Å². The van der Waals surface area contributed by atoms with Crippen molar-refractivity contribution in [2.45, 2.75) is 0 Å². The summed E-state index contributed by atoms with van der Waals surface area (Å²) in [7, 11) is 0. The Bertz CT molecular complexity index is 2010. The normalized spacial score (nSPS) is 15.4. The van der Waals surface area contributed by atoms with E-state index in [9.17, 15) is 0 Å². The number of hydrogen-bond donors (Lipinski definition) is 0. The van der Waals surface area contributed by atoms with Crippen LogP contribution < -0.4 is 31.4 Å². The number of fused-ring (bicyclic) bond motifs is 4. The maximum absolute atomic E-state index is 4.89. The fraction of sp³-hybridized carbons (Fsp3) is 0.